The number of likely N-dealkylation sites (tertiary alicyclic amines) is 1. The van der Waals surface area contributed by atoms with Gasteiger partial charge in [-0.25, -0.2) is 0 Å². The second-order valence-electron chi connectivity index (χ2n) is 6.42. The van der Waals surface area contributed by atoms with Crippen LogP contribution in [0.5, 0.6) is 5.75 Å². The van der Waals surface area contributed by atoms with Crippen molar-refractivity contribution in [3.8, 4) is 5.75 Å². The Morgan fingerprint density at radius 3 is 2.56 bits per heavy atom. The van der Waals surface area contributed by atoms with Gasteiger partial charge in [0.1, 0.15) is 0 Å². The summed E-state index contributed by atoms with van der Waals surface area (Å²) in [5, 5.41) is 2.46. The van der Waals surface area contributed by atoms with E-state index in [4.69, 9.17) is 0 Å². The average molecular weight is 356 g/mol. The molecule has 1 aromatic rings. The summed E-state index contributed by atoms with van der Waals surface area (Å²) in [6, 6.07) is 5.55. The molecule has 1 unspecified atom stereocenters. The Kier molecular flexibility index (Phi) is 4.87. The highest BCUT2D eigenvalue weighted by molar-refractivity contribution is 5.98. The van der Waals surface area contributed by atoms with Crippen molar-refractivity contribution in [3.63, 3.8) is 0 Å². The summed E-state index contributed by atoms with van der Waals surface area (Å²) < 4.78 is 41.3. The molecule has 2 amide bonds. The smallest absolute Gasteiger partial charge is 0.404 e. The quantitative estimate of drug-likeness (QED) is 0.900. The fraction of sp³-hybridized carbons (Fsp3) is 0.529. The minimum Gasteiger partial charge on any atom is -0.404 e. The fourth-order valence-electron chi connectivity index (χ4n) is 3.49. The Balaban J connectivity index is 1.66. The molecule has 0 spiro atoms. The van der Waals surface area contributed by atoms with Crippen molar-refractivity contribution in [2.45, 2.75) is 44.5 Å². The Labute approximate surface area is 143 Å². The topological polar surface area (TPSA) is 58.6 Å². The Morgan fingerprint density at radius 2 is 1.88 bits per heavy atom. The first-order valence-corrected chi connectivity index (χ1v) is 8.28. The van der Waals surface area contributed by atoms with E-state index in [0.29, 0.717) is 6.54 Å². The van der Waals surface area contributed by atoms with E-state index in [-0.39, 0.29) is 24.1 Å². The molecular formula is C17H19F3N2O3. The van der Waals surface area contributed by atoms with Gasteiger partial charge in [0.15, 0.2) is 5.75 Å². The molecule has 5 nitrogen and oxygen atoms in total. The van der Waals surface area contributed by atoms with Crippen LogP contribution in [0.25, 0.3) is 0 Å². The van der Waals surface area contributed by atoms with Gasteiger partial charge in [-0.05, 0) is 25.0 Å². The molecule has 2 aliphatic rings. The highest BCUT2D eigenvalue weighted by atomic mass is 19.4. The molecule has 3 rings (SSSR count). The third kappa shape index (κ3) is 4.24. The summed E-state index contributed by atoms with van der Waals surface area (Å²) >= 11 is 0. The lowest BCUT2D eigenvalue weighted by Gasteiger charge is -2.24. The number of nitrogens with zero attached hydrogens (tertiary/aromatic N) is 1. The van der Waals surface area contributed by atoms with Gasteiger partial charge in [-0.3, -0.25) is 9.59 Å². The van der Waals surface area contributed by atoms with Gasteiger partial charge in [-0.1, -0.05) is 25.0 Å². The molecule has 136 valence electrons. The van der Waals surface area contributed by atoms with E-state index in [1.54, 1.807) is 4.90 Å². The maximum Gasteiger partial charge on any atom is 0.573 e. The largest absolute Gasteiger partial charge is 0.573 e. The summed E-state index contributed by atoms with van der Waals surface area (Å²) in [6.07, 6.45) is -0.709. The highest BCUT2D eigenvalue weighted by Gasteiger charge is 2.39. The van der Waals surface area contributed by atoms with Crippen molar-refractivity contribution in [2.24, 2.45) is 5.92 Å². The van der Waals surface area contributed by atoms with Crippen LogP contribution in [0.1, 0.15) is 32.1 Å². The van der Waals surface area contributed by atoms with Gasteiger partial charge in [0.2, 0.25) is 11.8 Å². The number of carbonyl (C=O) groups excluding carboxylic acids is 2. The summed E-state index contributed by atoms with van der Waals surface area (Å²) in [4.78, 5) is 26.3. The zero-order chi connectivity index (χ0) is 18.0. The number of alkyl halides is 3. The first kappa shape index (κ1) is 17.6. The van der Waals surface area contributed by atoms with Crippen molar-refractivity contribution >= 4 is 17.5 Å². The maximum atomic E-state index is 12.4. The zero-order valence-corrected chi connectivity index (χ0v) is 13.5. The van der Waals surface area contributed by atoms with Crippen LogP contribution in [0, 0.1) is 5.92 Å². The highest BCUT2D eigenvalue weighted by Crippen LogP contribution is 2.32. The zero-order valence-electron chi connectivity index (χ0n) is 13.5. The van der Waals surface area contributed by atoms with Crippen molar-refractivity contribution in [2.75, 3.05) is 11.9 Å². The van der Waals surface area contributed by atoms with Crippen molar-refractivity contribution in [3.05, 3.63) is 24.3 Å². The predicted molar refractivity (Wildman–Crippen MR) is 83.8 cm³/mol. The standard InChI is InChI=1S/C17H19F3N2O3/c18-17(19,20)25-14-8-4-3-7-13(14)21-16(24)11-9-15(23)22(10-11)12-5-1-2-6-12/h3-4,7-8,11-12H,1-2,5-6,9-10H2,(H,21,24). The lowest BCUT2D eigenvalue weighted by atomic mass is 10.1. The van der Waals surface area contributed by atoms with Crippen LogP contribution in [0.3, 0.4) is 0 Å². The number of amides is 2. The van der Waals surface area contributed by atoms with Gasteiger partial charge in [0.25, 0.3) is 0 Å². The van der Waals surface area contributed by atoms with Gasteiger partial charge in [-0.2, -0.15) is 0 Å². The number of hydrogen-bond donors (Lipinski definition) is 1. The first-order valence-electron chi connectivity index (χ1n) is 8.28. The number of anilines is 1. The summed E-state index contributed by atoms with van der Waals surface area (Å²) in [6.45, 7) is 0.317. The van der Waals surface area contributed by atoms with Gasteiger partial charge in [0.05, 0.1) is 11.6 Å². The van der Waals surface area contributed by atoms with Crippen molar-refractivity contribution in [1.29, 1.82) is 0 Å². The third-order valence-electron chi connectivity index (χ3n) is 4.67. The SMILES string of the molecule is O=C(Nc1ccccc1OC(F)(F)F)C1CC(=O)N(C2CCCC2)C1. The van der Waals surface area contributed by atoms with Crippen LogP contribution in [0.15, 0.2) is 24.3 Å². The summed E-state index contributed by atoms with van der Waals surface area (Å²) in [7, 11) is 0. The molecule has 1 saturated carbocycles. The van der Waals surface area contributed by atoms with E-state index >= 15 is 0 Å². The number of hydrogen-bond acceptors (Lipinski definition) is 3. The van der Waals surface area contributed by atoms with Gasteiger partial charge in [-0.15, -0.1) is 13.2 Å². The number of benzene rings is 1. The van der Waals surface area contributed by atoms with Crippen LogP contribution < -0.4 is 10.1 Å². The monoisotopic (exact) mass is 356 g/mol. The molecule has 1 aromatic carbocycles. The molecule has 0 bridgehead atoms. The number of para-hydroxylation sites is 2. The van der Waals surface area contributed by atoms with Crippen LogP contribution in [-0.4, -0.2) is 35.7 Å². The molecule has 0 radical (unpaired) electrons. The first-order chi connectivity index (χ1) is 11.8. The lowest BCUT2D eigenvalue weighted by molar-refractivity contribution is -0.274. The Bertz CT molecular complexity index is 657. The molecule has 1 aliphatic heterocycles. The summed E-state index contributed by atoms with van der Waals surface area (Å²) in [5.41, 5.74) is -0.0587. The number of carbonyl (C=O) groups is 2. The van der Waals surface area contributed by atoms with Crippen molar-refractivity contribution < 1.29 is 27.5 Å². The molecule has 1 heterocycles. The van der Waals surface area contributed by atoms with E-state index in [0.717, 1.165) is 31.7 Å². The average Bonchev–Trinajstić information content (AvgIpc) is 3.16. The normalized spacial score (nSPS) is 21.6. The van der Waals surface area contributed by atoms with E-state index in [9.17, 15) is 22.8 Å². The Morgan fingerprint density at radius 1 is 1.20 bits per heavy atom. The Hall–Kier alpha value is -2.25. The van der Waals surface area contributed by atoms with E-state index in [1.165, 1.54) is 18.2 Å². The van der Waals surface area contributed by atoms with E-state index < -0.39 is 23.9 Å². The molecule has 1 N–H and O–H groups in total. The number of nitrogens with one attached hydrogen (secondary N) is 1. The molecule has 25 heavy (non-hydrogen) atoms. The number of halogens is 3. The molecular weight excluding hydrogens is 337 g/mol. The number of rotatable bonds is 4. The van der Waals surface area contributed by atoms with Crippen LogP contribution in [-0.2, 0) is 9.59 Å². The minimum absolute atomic E-state index is 0.0587. The van der Waals surface area contributed by atoms with Crippen LogP contribution >= 0.6 is 0 Å². The van der Waals surface area contributed by atoms with Crippen LogP contribution in [0.4, 0.5) is 18.9 Å². The van der Waals surface area contributed by atoms with Gasteiger partial charge in [0, 0.05) is 19.0 Å². The molecule has 1 aliphatic carbocycles. The van der Waals surface area contributed by atoms with Gasteiger partial charge < -0.3 is 15.0 Å². The molecule has 1 saturated heterocycles. The molecule has 8 heteroatoms. The summed E-state index contributed by atoms with van der Waals surface area (Å²) in [5.74, 6) is -1.56. The van der Waals surface area contributed by atoms with Gasteiger partial charge >= 0.3 is 6.36 Å². The van der Waals surface area contributed by atoms with Crippen molar-refractivity contribution in [1.82, 2.24) is 4.90 Å². The number of ether oxygens (including phenoxy) is 1. The van der Waals surface area contributed by atoms with Crippen LogP contribution in [0.2, 0.25) is 0 Å². The third-order valence-corrected chi connectivity index (χ3v) is 4.67. The van der Waals surface area contributed by atoms with E-state index in [2.05, 4.69) is 10.1 Å². The minimum atomic E-state index is -4.84. The lowest BCUT2D eigenvalue weighted by Crippen LogP contribution is -2.35. The van der Waals surface area contributed by atoms with E-state index in [1.807, 2.05) is 0 Å². The predicted octanol–water partition coefficient (Wildman–Crippen LogP) is 3.31. The molecule has 1 atom stereocenters. The second-order valence-corrected chi connectivity index (χ2v) is 6.42. The second kappa shape index (κ2) is 6.93. The fourth-order valence-corrected chi connectivity index (χ4v) is 3.49. The molecule has 2 fully saturated rings. The molecule has 0 aromatic heterocycles. The maximum absolute atomic E-state index is 12.4.